The van der Waals surface area contributed by atoms with E-state index in [-0.39, 0.29) is 17.2 Å². The molecule has 1 aromatic carbocycles. The molecular weight excluding hydrogens is 432 g/mol. The average molecular weight is 452 g/mol. The lowest BCUT2D eigenvalue weighted by atomic mass is 10.1. The molecule has 1 amide bonds. The zero-order valence-electron chi connectivity index (χ0n) is 16.3. The van der Waals surface area contributed by atoms with Crippen molar-refractivity contribution in [3.8, 4) is 0 Å². The van der Waals surface area contributed by atoms with Gasteiger partial charge in [-0.15, -0.1) is 0 Å². The topological polar surface area (TPSA) is 94.9 Å². The summed E-state index contributed by atoms with van der Waals surface area (Å²) in [5.41, 5.74) is 6.99. The normalized spacial score (nSPS) is 12.0. The van der Waals surface area contributed by atoms with Crippen molar-refractivity contribution in [1.82, 2.24) is 14.1 Å². The molecule has 30 heavy (non-hydrogen) atoms. The summed E-state index contributed by atoms with van der Waals surface area (Å²) in [6.45, 7) is 3.81. The number of hydrogen-bond donors (Lipinski definition) is 2. The second-order valence-electron chi connectivity index (χ2n) is 6.70. The van der Waals surface area contributed by atoms with Gasteiger partial charge in [-0.1, -0.05) is 29.3 Å². The second kappa shape index (κ2) is 8.89. The third-order valence-corrected chi connectivity index (χ3v) is 5.31. The van der Waals surface area contributed by atoms with E-state index in [1.54, 1.807) is 35.9 Å². The van der Waals surface area contributed by atoms with E-state index < -0.39 is 17.9 Å². The lowest BCUT2D eigenvalue weighted by molar-refractivity contribution is -0.118. The van der Waals surface area contributed by atoms with E-state index in [0.717, 1.165) is 11.6 Å². The number of amides is 1. The van der Waals surface area contributed by atoms with Gasteiger partial charge in [0.15, 0.2) is 5.82 Å². The van der Waals surface area contributed by atoms with Crippen molar-refractivity contribution in [2.24, 2.45) is 0 Å². The number of pyridine rings is 1. The van der Waals surface area contributed by atoms with Gasteiger partial charge in [-0.05, 0) is 43.7 Å². The number of benzene rings is 1. The third-order valence-electron chi connectivity index (χ3n) is 4.72. The van der Waals surface area contributed by atoms with Crippen molar-refractivity contribution in [2.75, 3.05) is 11.1 Å². The molecule has 0 aliphatic rings. The number of nitrogen functional groups attached to an aromatic ring is 1. The summed E-state index contributed by atoms with van der Waals surface area (Å²) in [6.07, 6.45) is 2.00. The number of carbonyl (C=O) groups is 1. The zero-order chi connectivity index (χ0) is 22.0. The highest BCUT2D eigenvalue weighted by Gasteiger charge is 2.22. The number of rotatable bonds is 6. The highest BCUT2D eigenvalue weighted by Crippen LogP contribution is 2.24. The maximum absolute atomic E-state index is 13.4. The average Bonchev–Trinajstić information content (AvgIpc) is 3.01. The molecule has 0 aliphatic carbocycles. The minimum Gasteiger partial charge on any atom is -0.396 e. The molecule has 10 heteroatoms. The van der Waals surface area contributed by atoms with Crippen LogP contribution in [0.2, 0.25) is 10.0 Å². The van der Waals surface area contributed by atoms with Crippen LogP contribution in [0, 0.1) is 5.95 Å². The van der Waals surface area contributed by atoms with Crippen LogP contribution in [-0.4, -0.2) is 20.0 Å². The van der Waals surface area contributed by atoms with Gasteiger partial charge in [0.2, 0.25) is 11.9 Å². The predicted octanol–water partition coefficient (Wildman–Crippen LogP) is 3.88. The Morgan fingerprint density at radius 1 is 1.30 bits per heavy atom. The molecule has 0 saturated heterocycles. The van der Waals surface area contributed by atoms with Crippen molar-refractivity contribution in [3.05, 3.63) is 74.3 Å². The van der Waals surface area contributed by atoms with Crippen molar-refractivity contribution >= 4 is 40.6 Å². The summed E-state index contributed by atoms with van der Waals surface area (Å²) >= 11 is 12.2. The molecule has 2 aromatic heterocycles. The van der Waals surface area contributed by atoms with Gasteiger partial charge in [-0.25, -0.2) is 4.79 Å². The quantitative estimate of drug-likeness (QED) is 0.555. The fourth-order valence-electron chi connectivity index (χ4n) is 3.06. The number of aromatic nitrogens is 3. The number of halogens is 3. The Hall–Kier alpha value is -2.84. The van der Waals surface area contributed by atoms with Gasteiger partial charge < -0.3 is 11.1 Å². The monoisotopic (exact) mass is 451 g/mol. The summed E-state index contributed by atoms with van der Waals surface area (Å²) in [5, 5.41) is 3.48. The van der Waals surface area contributed by atoms with E-state index in [9.17, 15) is 14.0 Å². The first-order valence-corrected chi connectivity index (χ1v) is 9.94. The summed E-state index contributed by atoms with van der Waals surface area (Å²) in [7, 11) is 0. The van der Waals surface area contributed by atoms with E-state index in [0.29, 0.717) is 28.7 Å². The molecule has 1 unspecified atom stereocenters. The fourth-order valence-corrected chi connectivity index (χ4v) is 3.53. The molecule has 3 aromatic rings. The first kappa shape index (κ1) is 21.9. The molecular formula is C20H20Cl2FN5O2. The first-order chi connectivity index (χ1) is 14.2. The Kier molecular flexibility index (Phi) is 6.48. The Labute approximate surface area is 182 Å². The van der Waals surface area contributed by atoms with Gasteiger partial charge >= 0.3 is 5.69 Å². The second-order valence-corrected chi connectivity index (χ2v) is 7.55. The molecule has 0 bridgehead atoms. The number of imidazole rings is 1. The molecule has 0 spiro atoms. The highest BCUT2D eigenvalue weighted by molar-refractivity contribution is 6.35. The summed E-state index contributed by atoms with van der Waals surface area (Å²) in [6, 6.07) is 6.66. The SMILES string of the molecule is CCn1c(Cc2ccc(Cl)cc2Cl)cn(C(C)C(=O)Nc2nc(F)ccc2N)c1=O. The summed E-state index contributed by atoms with van der Waals surface area (Å²) in [4.78, 5) is 29.1. The van der Waals surface area contributed by atoms with E-state index >= 15 is 0 Å². The van der Waals surface area contributed by atoms with Crippen LogP contribution in [0.3, 0.4) is 0 Å². The van der Waals surface area contributed by atoms with Crippen molar-refractivity contribution in [3.63, 3.8) is 0 Å². The zero-order valence-corrected chi connectivity index (χ0v) is 17.8. The molecule has 3 rings (SSSR count). The summed E-state index contributed by atoms with van der Waals surface area (Å²) in [5.74, 6) is -1.42. The molecule has 2 heterocycles. The minimum atomic E-state index is -0.880. The van der Waals surface area contributed by atoms with Gasteiger partial charge in [-0.3, -0.25) is 13.9 Å². The fraction of sp³-hybridized carbons (Fsp3) is 0.250. The number of hydrogen-bond acceptors (Lipinski definition) is 4. The van der Waals surface area contributed by atoms with Crippen LogP contribution in [0.4, 0.5) is 15.9 Å². The Morgan fingerprint density at radius 2 is 2.03 bits per heavy atom. The molecule has 0 radical (unpaired) electrons. The molecule has 0 fully saturated rings. The molecule has 7 nitrogen and oxygen atoms in total. The number of anilines is 2. The molecule has 0 saturated carbocycles. The van der Waals surface area contributed by atoms with Crippen LogP contribution >= 0.6 is 23.2 Å². The molecule has 158 valence electrons. The standard InChI is InChI=1S/C20H20Cl2FN5O2/c1-3-27-14(8-12-4-5-13(21)9-15(12)22)10-28(20(27)30)11(2)19(29)26-18-16(24)6-7-17(23)25-18/h4-7,9-11H,3,8,24H2,1-2H3,(H,25,26,29). The maximum atomic E-state index is 13.4. The number of carbonyl (C=O) groups excluding carboxylic acids is 1. The van der Waals surface area contributed by atoms with E-state index in [1.165, 1.54) is 10.6 Å². The molecule has 3 N–H and O–H groups in total. The minimum absolute atomic E-state index is 0.0945. The van der Waals surface area contributed by atoms with Gasteiger partial charge in [0, 0.05) is 34.9 Å². The Balaban J connectivity index is 1.89. The van der Waals surface area contributed by atoms with Gasteiger partial charge in [0.1, 0.15) is 6.04 Å². The smallest absolute Gasteiger partial charge is 0.329 e. The molecule has 0 aliphatic heterocycles. The van der Waals surface area contributed by atoms with Gasteiger partial charge in [0.05, 0.1) is 5.69 Å². The van der Waals surface area contributed by atoms with Crippen molar-refractivity contribution in [1.29, 1.82) is 0 Å². The van der Waals surface area contributed by atoms with Crippen LogP contribution < -0.4 is 16.7 Å². The van der Waals surface area contributed by atoms with E-state index in [1.807, 2.05) is 6.92 Å². The predicted molar refractivity (Wildman–Crippen MR) is 116 cm³/mol. The van der Waals surface area contributed by atoms with E-state index in [4.69, 9.17) is 28.9 Å². The van der Waals surface area contributed by atoms with Gasteiger partial charge in [-0.2, -0.15) is 9.37 Å². The lowest BCUT2D eigenvalue weighted by Gasteiger charge is -2.13. The summed E-state index contributed by atoms with van der Waals surface area (Å²) < 4.78 is 16.2. The van der Waals surface area contributed by atoms with Crippen molar-refractivity contribution < 1.29 is 9.18 Å². The number of nitrogens with one attached hydrogen (secondary N) is 1. The van der Waals surface area contributed by atoms with Crippen LogP contribution in [0.15, 0.2) is 41.3 Å². The lowest BCUT2D eigenvalue weighted by Crippen LogP contribution is -2.32. The Morgan fingerprint density at radius 3 is 2.70 bits per heavy atom. The third kappa shape index (κ3) is 4.49. The number of nitrogens with two attached hydrogens (primary N) is 1. The first-order valence-electron chi connectivity index (χ1n) is 9.18. The van der Waals surface area contributed by atoms with Crippen LogP contribution in [0.25, 0.3) is 0 Å². The Bertz CT molecular complexity index is 1160. The van der Waals surface area contributed by atoms with Crippen LogP contribution in [0.1, 0.15) is 31.1 Å². The van der Waals surface area contributed by atoms with Crippen LogP contribution in [0.5, 0.6) is 0 Å². The van der Waals surface area contributed by atoms with Crippen molar-refractivity contribution in [2.45, 2.75) is 32.9 Å². The number of nitrogens with zero attached hydrogens (tertiary/aromatic N) is 3. The largest absolute Gasteiger partial charge is 0.396 e. The van der Waals surface area contributed by atoms with Gasteiger partial charge in [0.25, 0.3) is 0 Å². The molecule has 1 atom stereocenters. The van der Waals surface area contributed by atoms with E-state index in [2.05, 4.69) is 10.3 Å². The van der Waals surface area contributed by atoms with Crippen LogP contribution in [-0.2, 0) is 17.8 Å². The maximum Gasteiger partial charge on any atom is 0.329 e. The highest BCUT2D eigenvalue weighted by atomic mass is 35.5.